The van der Waals surface area contributed by atoms with E-state index in [1.807, 2.05) is 0 Å². The van der Waals surface area contributed by atoms with Gasteiger partial charge in [0.05, 0.1) is 11.4 Å². The molecule has 8 heteroatoms. The van der Waals surface area contributed by atoms with Crippen LogP contribution in [-0.2, 0) is 4.79 Å². The highest BCUT2D eigenvalue weighted by molar-refractivity contribution is 6.06. The van der Waals surface area contributed by atoms with Crippen LogP contribution in [0.15, 0.2) is 42.5 Å². The number of para-hydroxylation sites is 2. The minimum Gasteiger partial charge on any atom is -0.482 e. The second kappa shape index (κ2) is 6.53. The highest BCUT2D eigenvalue weighted by Crippen LogP contribution is 2.30. The average Bonchev–Trinajstić information content (AvgIpc) is 2.55. The van der Waals surface area contributed by atoms with E-state index in [0.29, 0.717) is 11.4 Å². The summed E-state index contributed by atoms with van der Waals surface area (Å²) in [5, 5.41) is 5.12. The van der Waals surface area contributed by atoms with E-state index in [0.717, 1.165) is 0 Å². The molecule has 0 bridgehead atoms. The summed E-state index contributed by atoms with van der Waals surface area (Å²) in [4.78, 5) is 23.5. The predicted octanol–water partition coefficient (Wildman–Crippen LogP) is 2.87. The third-order valence-corrected chi connectivity index (χ3v) is 3.23. The monoisotopic (exact) mass is 334 g/mol. The first-order valence-electron chi connectivity index (χ1n) is 6.95. The zero-order chi connectivity index (χ0) is 17.1. The Morgan fingerprint density at radius 2 is 2.04 bits per heavy atom. The standard InChI is InChI=1S/C16H12F2N2O4/c17-16(18)24-12-4-2-1-3-10(12)20-15(22)9-5-6-11-13(7-9)23-8-14(21)19-11/h1-7,16H,8H2,(H,19,21)(H,20,22). The van der Waals surface area contributed by atoms with Gasteiger partial charge in [-0.25, -0.2) is 0 Å². The lowest BCUT2D eigenvalue weighted by Gasteiger charge is -2.18. The molecule has 0 saturated heterocycles. The Morgan fingerprint density at radius 3 is 2.83 bits per heavy atom. The molecular weight excluding hydrogens is 322 g/mol. The van der Waals surface area contributed by atoms with Gasteiger partial charge in [-0.1, -0.05) is 12.1 Å². The van der Waals surface area contributed by atoms with Crippen molar-refractivity contribution in [2.45, 2.75) is 6.61 Å². The summed E-state index contributed by atoms with van der Waals surface area (Å²) in [5.41, 5.74) is 0.829. The normalized spacial score (nSPS) is 12.9. The number of hydrogen-bond acceptors (Lipinski definition) is 4. The number of amides is 2. The molecule has 2 amide bonds. The minimum absolute atomic E-state index is 0.120. The van der Waals surface area contributed by atoms with Crippen LogP contribution in [0.3, 0.4) is 0 Å². The third kappa shape index (κ3) is 3.43. The minimum atomic E-state index is -3.00. The maximum absolute atomic E-state index is 12.4. The number of hydrogen-bond donors (Lipinski definition) is 2. The van der Waals surface area contributed by atoms with Crippen LogP contribution < -0.4 is 20.1 Å². The van der Waals surface area contributed by atoms with E-state index in [2.05, 4.69) is 15.4 Å². The largest absolute Gasteiger partial charge is 0.482 e. The van der Waals surface area contributed by atoms with Gasteiger partial charge in [-0.05, 0) is 30.3 Å². The van der Waals surface area contributed by atoms with E-state index in [1.54, 1.807) is 6.07 Å². The van der Waals surface area contributed by atoms with Crippen LogP contribution in [0.2, 0.25) is 0 Å². The zero-order valence-electron chi connectivity index (χ0n) is 12.2. The summed E-state index contributed by atoms with van der Waals surface area (Å²) in [7, 11) is 0. The van der Waals surface area contributed by atoms with Gasteiger partial charge in [0, 0.05) is 5.56 Å². The highest BCUT2D eigenvalue weighted by Gasteiger charge is 2.18. The van der Waals surface area contributed by atoms with Crippen molar-refractivity contribution >= 4 is 23.2 Å². The van der Waals surface area contributed by atoms with Gasteiger partial charge in [0.15, 0.2) is 6.61 Å². The molecule has 0 radical (unpaired) electrons. The predicted molar refractivity (Wildman–Crippen MR) is 81.6 cm³/mol. The van der Waals surface area contributed by atoms with Crippen molar-refractivity contribution in [1.82, 2.24) is 0 Å². The fourth-order valence-electron chi connectivity index (χ4n) is 2.18. The number of nitrogens with one attached hydrogen (secondary N) is 2. The highest BCUT2D eigenvalue weighted by atomic mass is 19.3. The van der Waals surface area contributed by atoms with Gasteiger partial charge in [-0.2, -0.15) is 8.78 Å². The molecule has 24 heavy (non-hydrogen) atoms. The van der Waals surface area contributed by atoms with Crippen molar-refractivity contribution in [2.24, 2.45) is 0 Å². The SMILES string of the molecule is O=C1COc2cc(C(=O)Nc3ccccc3OC(F)F)ccc2N1. The number of alkyl halides is 2. The second-order valence-corrected chi connectivity index (χ2v) is 4.88. The fourth-order valence-corrected chi connectivity index (χ4v) is 2.18. The Hall–Kier alpha value is -3.16. The lowest BCUT2D eigenvalue weighted by atomic mass is 10.1. The Labute approximate surface area is 135 Å². The molecule has 0 aliphatic carbocycles. The molecule has 1 aliphatic heterocycles. The lowest BCUT2D eigenvalue weighted by molar-refractivity contribution is -0.118. The molecule has 0 saturated carbocycles. The summed E-state index contributed by atoms with van der Waals surface area (Å²) in [6.07, 6.45) is 0. The van der Waals surface area contributed by atoms with Gasteiger partial charge in [0.25, 0.3) is 11.8 Å². The number of ether oxygens (including phenoxy) is 2. The van der Waals surface area contributed by atoms with Gasteiger partial charge in [0.1, 0.15) is 11.5 Å². The second-order valence-electron chi connectivity index (χ2n) is 4.88. The Kier molecular flexibility index (Phi) is 4.28. The topological polar surface area (TPSA) is 76.7 Å². The first-order valence-corrected chi connectivity index (χ1v) is 6.95. The Bertz CT molecular complexity index is 795. The van der Waals surface area contributed by atoms with Crippen LogP contribution in [0.4, 0.5) is 20.2 Å². The van der Waals surface area contributed by atoms with Crippen LogP contribution in [0.5, 0.6) is 11.5 Å². The number of carbonyl (C=O) groups is 2. The summed E-state index contributed by atoms with van der Waals surface area (Å²) in [6, 6.07) is 10.4. The molecule has 1 heterocycles. The van der Waals surface area contributed by atoms with Crippen LogP contribution in [0.25, 0.3) is 0 Å². The molecule has 2 aromatic rings. The lowest BCUT2D eigenvalue weighted by Crippen LogP contribution is -2.25. The van der Waals surface area contributed by atoms with E-state index in [-0.39, 0.29) is 29.5 Å². The zero-order valence-corrected chi connectivity index (χ0v) is 12.2. The van der Waals surface area contributed by atoms with Crippen molar-refractivity contribution in [3.05, 3.63) is 48.0 Å². The van der Waals surface area contributed by atoms with Gasteiger partial charge < -0.3 is 20.1 Å². The van der Waals surface area contributed by atoms with E-state index in [1.165, 1.54) is 36.4 Å². The number of fused-ring (bicyclic) bond motifs is 1. The van der Waals surface area contributed by atoms with Crippen LogP contribution in [-0.4, -0.2) is 25.0 Å². The van der Waals surface area contributed by atoms with Gasteiger partial charge in [0.2, 0.25) is 0 Å². The number of benzene rings is 2. The number of anilines is 2. The fraction of sp³-hybridized carbons (Fsp3) is 0.125. The summed E-state index contributed by atoms with van der Waals surface area (Å²) < 4.78 is 34.4. The maximum atomic E-state index is 12.4. The van der Waals surface area contributed by atoms with E-state index in [9.17, 15) is 18.4 Å². The van der Waals surface area contributed by atoms with Gasteiger partial charge in [-0.15, -0.1) is 0 Å². The number of carbonyl (C=O) groups excluding carboxylic acids is 2. The molecule has 2 N–H and O–H groups in total. The molecule has 6 nitrogen and oxygen atoms in total. The van der Waals surface area contributed by atoms with Crippen molar-refractivity contribution in [1.29, 1.82) is 0 Å². The molecule has 0 atom stereocenters. The van der Waals surface area contributed by atoms with Crippen molar-refractivity contribution in [3.8, 4) is 11.5 Å². The van der Waals surface area contributed by atoms with Crippen molar-refractivity contribution in [3.63, 3.8) is 0 Å². The van der Waals surface area contributed by atoms with Crippen LogP contribution in [0, 0.1) is 0 Å². The number of halogens is 2. The summed E-state index contributed by atoms with van der Waals surface area (Å²) >= 11 is 0. The molecule has 0 fully saturated rings. The maximum Gasteiger partial charge on any atom is 0.387 e. The first-order chi connectivity index (χ1) is 11.5. The molecule has 0 aromatic heterocycles. The molecule has 2 aromatic carbocycles. The van der Waals surface area contributed by atoms with Gasteiger partial charge in [-0.3, -0.25) is 9.59 Å². The molecular formula is C16H12F2N2O4. The summed E-state index contributed by atoms with van der Waals surface area (Å²) in [6.45, 7) is -3.13. The first kappa shape index (κ1) is 15.7. The Balaban J connectivity index is 1.80. The van der Waals surface area contributed by atoms with E-state index >= 15 is 0 Å². The molecule has 0 spiro atoms. The third-order valence-electron chi connectivity index (χ3n) is 3.23. The average molecular weight is 334 g/mol. The molecule has 1 aliphatic rings. The molecule has 124 valence electrons. The molecule has 3 rings (SSSR count). The van der Waals surface area contributed by atoms with Crippen molar-refractivity contribution < 1.29 is 27.8 Å². The smallest absolute Gasteiger partial charge is 0.387 e. The Morgan fingerprint density at radius 1 is 1.25 bits per heavy atom. The van der Waals surface area contributed by atoms with E-state index in [4.69, 9.17) is 4.74 Å². The molecule has 0 unspecified atom stereocenters. The summed E-state index contributed by atoms with van der Waals surface area (Å²) in [5.74, 6) is -0.580. The van der Waals surface area contributed by atoms with E-state index < -0.39 is 12.5 Å². The van der Waals surface area contributed by atoms with Crippen LogP contribution >= 0.6 is 0 Å². The number of rotatable bonds is 4. The van der Waals surface area contributed by atoms with Gasteiger partial charge >= 0.3 is 6.61 Å². The van der Waals surface area contributed by atoms with Crippen molar-refractivity contribution in [2.75, 3.05) is 17.2 Å². The quantitative estimate of drug-likeness (QED) is 0.901. The van der Waals surface area contributed by atoms with Crippen LogP contribution in [0.1, 0.15) is 10.4 Å².